The zero-order chi connectivity index (χ0) is 11.5. The summed E-state index contributed by atoms with van der Waals surface area (Å²) in [4.78, 5) is 0. The van der Waals surface area contributed by atoms with Crippen LogP contribution in [-0.2, 0) is 0 Å². The molecule has 0 spiro atoms. The Labute approximate surface area is 95.6 Å². The lowest BCUT2D eigenvalue weighted by Crippen LogP contribution is -1.92. The Hall–Kier alpha value is -1.96. The summed E-state index contributed by atoms with van der Waals surface area (Å²) in [5.74, 6) is 0.298. The van der Waals surface area contributed by atoms with E-state index >= 15 is 0 Å². The molecule has 0 saturated carbocycles. The van der Waals surface area contributed by atoms with Gasteiger partial charge in [-0.15, -0.1) is 0 Å². The van der Waals surface area contributed by atoms with Crippen LogP contribution in [0.3, 0.4) is 0 Å². The number of aromatic hydroxyl groups is 1. The Morgan fingerprint density at radius 2 is 1.62 bits per heavy atom. The van der Waals surface area contributed by atoms with Crippen molar-refractivity contribution in [1.82, 2.24) is 0 Å². The molecule has 16 heavy (non-hydrogen) atoms. The minimum Gasteiger partial charge on any atom is -0.508 e. The normalized spacial score (nSPS) is 10.1. The summed E-state index contributed by atoms with van der Waals surface area (Å²) in [5, 5.41) is 12.6. The highest BCUT2D eigenvalue weighted by atomic mass is 16.3. The average molecular weight is 213 g/mol. The minimum atomic E-state index is 0.298. The Morgan fingerprint density at radius 3 is 2.25 bits per heavy atom. The zero-order valence-electron chi connectivity index (χ0n) is 9.49. The van der Waals surface area contributed by atoms with Crippen LogP contribution in [0.4, 0.5) is 11.4 Å². The van der Waals surface area contributed by atoms with Gasteiger partial charge in [0.1, 0.15) is 5.75 Å². The van der Waals surface area contributed by atoms with E-state index in [1.165, 1.54) is 5.56 Å². The van der Waals surface area contributed by atoms with E-state index in [0.29, 0.717) is 5.75 Å². The molecule has 0 radical (unpaired) electrons. The second-order valence-electron chi connectivity index (χ2n) is 3.99. The van der Waals surface area contributed by atoms with Crippen molar-refractivity contribution in [2.75, 3.05) is 5.32 Å². The van der Waals surface area contributed by atoms with Crippen LogP contribution in [0.5, 0.6) is 5.75 Å². The first-order valence-corrected chi connectivity index (χ1v) is 5.28. The second-order valence-corrected chi connectivity index (χ2v) is 3.99. The van der Waals surface area contributed by atoms with Crippen LogP contribution < -0.4 is 5.32 Å². The molecule has 2 nitrogen and oxygen atoms in total. The second kappa shape index (κ2) is 4.27. The van der Waals surface area contributed by atoms with Crippen molar-refractivity contribution < 1.29 is 5.11 Å². The van der Waals surface area contributed by atoms with Gasteiger partial charge in [-0.1, -0.05) is 17.7 Å². The Morgan fingerprint density at radius 1 is 0.938 bits per heavy atom. The average Bonchev–Trinajstić information content (AvgIpc) is 2.25. The van der Waals surface area contributed by atoms with Crippen LogP contribution in [-0.4, -0.2) is 5.11 Å². The maximum absolute atomic E-state index is 9.31. The van der Waals surface area contributed by atoms with Gasteiger partial charge in [0.25, 0.3) is 0 Å². The van der Waals surface area contributed by atoms with Crippen molar-refractivity contribution in [3.05, 3.63) is 53.6 Å². The van der Waals surface area contributed by atoms with Gasteiger partial charge in [0.05, 0.1) is 0 Å². The fourth-order valence-electron chi connectivity index (χ4n) is 1.58. The summed E-state index contributed by atoms with van der Waals surface area (Å²) in [6.45, 7) is 4.03. The van der Waals surface area contributed by atoms with Crippen LogP contribution >= 0.6 is 0 Å². The zero-order valence-corrected chi connectivity index (χ0v) is 9.49. The summed E-state index contributed by atoms with van der Waals surface area (Å²) in [6, 6.07) is 13.5. The van der Waals surface area contributed by atoms with E-state index < -0.39 is 0 Å². The van der Waals surface area contributed by atoms with Crippen LogP contribution in [0, 0.1) is 13.8 Å². The van der Waals surface area contributed by atoms with Crippen molar-refractivity contribution >= 4 is 11.4 Å². The molecule has 0 heterocycles. The Bertz CT molecular complexity index is 489. The van der Waals surface area contributed by atoms with Crippen molar-refractivity contribution in [3.63, 3.8) is 0 Å². The van der Waals surface area contributed by atoms with Crippen molar-refractivity contribution in [1.29, 1.82) is 0 Å². The molecule has 0 saturated heterocycles. The van der Waals surface area contributed by atoms with Crippen molar-refractivity contribution in [3.8, 4) is 5.75 Å². The van der Waals surface area contributed by atoms with E-state index in [9.17, 15) is 5.11 Å². The predicted octanol–water partition coefficient (Wildman–Crippen LogP) is 3.75. The van der Waals surface area contributed by atoms with Gasteiger partial charge in [-0.05, 0) is 49.7 Å². The lowest BCUT2D eigenvalue weighted by Gasteiger charge is -2.09. The molecule has 2 N–H and O–H groups in total. The fraction of sp³-hybridized carbons (Fsp3) is 0.143. The van der Waals surface area contributed by atoms with Crippen LogP contribution in [0.25, 0.3) is 0 Å². The van der Waals surface area contributed by atoms with E-state index in [-0.39, 0.29) is 0 Å². The van der Waals surface area contributed by atoms with Gasteiger partial charge in [-0.3, -0.25) is 0 Å². The van der Waals surface area contributed by atoms with E-state index in [1.807, 2.05) is 25.1 Å². The molecule has 0 aliphatic rings. The molecule has 0 aliphatic carbocycles. The van der Waals surface area contributed by atoms with Crippen molar-refractivity contribution in [2.24, 2.45) is 0 Å². The van der Waals surface area contributed by atoms with E-state index in [2.05, 4.69) is 24.4 Å². The first-order valence-electron chi connectivity index (χ1n) is 5.28. The van der Waals surface area contributed by atoms with Gasteiger partial charge in [0.2, 0.25) is 0 Å². The third-order valence-corrected chi connectivity index (χ3v) is 2.54. The SMILES string of the molecule is Cc1ccc(Nc2ccc(O)cc2C)cc1. The summed E-state index contributed by atoms with van der Waals surface area (Å²) < 4.78 is 0. The molecule has 0 atom stereocenters. The highest BCUT2D eigenvalue weighted by molar-refractivity contribution is 5.64. The monoisotopic (exact) mass is 213 g/mol. The highest BCUT2D eigenvalue weighted by Gasteiger charge is 1.99. The topological polar surface area (TPSA) is 32.3 Å². The molecular formula is C14H15NO. The number of benzene rings is 2. The number of nitrogens with one attached hydrogen (secondary N) is 1. The van der Waals surface area contributed by atoms with E-state index in [0.717, 1.165) is 16.9 Å². The third kappa shape index (κ3) is 2.34. The first-order chi connectivity index (χ1) is 7.65. The third-order valence-electron chi connectivity index (χ3n) is 2.54. The molecule has 0 amide bonds. The predicted molar refractivity (Wildman–Crippen MR) is 67.3 cm³/mol. The highest BCUT2D eigenvalue weighted by Crippen LogP contribution is 2.23. The van der Waals surface area contributed by atoms with Gasteiger partial charge < -0.3 is 10.4 Å². The van der Waals surface area contributed by atoms with Crippen LogP contribution in [0.15, 0.2) is 42.5 Å². The first kappa shape index (κ1) is 10.6. The van der Waals surface area contributed by atoms with Crippen molar-refractivity contribution in [2.45, 2.75) is 13.8 Å². The Balaban J connectivity index is 2.23. The Kier molecular flexibility index (Phi) is 2.82. The van der Waals surface area contributed by atoms with Gasteiger partial charge in [-0.2, -0.15) is 0 Å². The van der Waals surface area contributed by atoms with Gasteiger partial charge in [0.15, 0.2) is 0 Å². The molecule has 2 rings (SSSR count). The maximum atomic E-state index is 9.31. The molecule has 0 aromatic heterocycles. The van der Waals surface area contributed by atoms with E-state index in [4.69, 9.17) is 0 Å². The van der Waals surface area contributed by atoms with Crippen LogP contribution in [0.2, 0.25) is 0 Å². The van der Waals surface area contributed by atoms with E-state index in [1.54, 1.807) is 12.1 Å². The molecule has 2 aromatic carbocycles. The number of rotatable bonds is 2. The number of aryl methyl sites for hydroxylation is 2. The number of phenolic OH excluding ortho intramolecular Hbond substituents is 1. The molecular weight excluding hydrogens is 198 g/mol. The molecule has 0 unspecified atom stereocenters. The van der Waals surface area contributed by atoms with Gasteiger partial charge >= 0.3 is 0 Å². The summed E-state index contributed by atoms with van der Waals surface area (Å²) in [5.41, 5.74) is 4.34. The lowest BCUT2D eigenvalue weighted by molar-refractivity contribution is 0.475. The standard InChI is InChI=1S/C14H15NO/c1-10-3-5-12(6-4-10)15-14-8-7-13(16)9-11(14)2/h3-9,15-16H,1-2H3. The maximum Gasteiger partial charge on any atom is 0.115 e. The lowest BCUT2D eigenvalue weighted by atomic mass is 10.1. The molecule has 82 valence electrons. The molecule has 0 aliphatic heterocycles. The van der Waals surface area contributed by atoms with Crippen LogP contribution in [0.1, 0.15) is 11.1 Å². The number of hydrogen-bond acceptors (Lipinski definition) is 2. The van der Waals surface area contributed by atoms with Gasteiger partial charge in [-0.25, -0.2) is 0 Å². The number of hydrogen-bond donors (Lipinski definition) is 2. The quantitative estimate of drug-likeness (QED) is 0.744. The fourth-order valence-corrected chi connectivity index (χ4v) is 1.58. The summed E-state index contributed by atoms with van der Waals surface area (Å²) in [6.07, 6.45) is 0. The van der Waals surface area contributed by atoms with Gasteiger partial charge in [0, 0.05) is 11.4 Å². The number of anilines is 2. The molecule has 0 bridgehead atoms. The summed E-state index contributed by atoms with van der Waals surface area (Å²) in [7, 11) is 0. The number of phenols is 1. The molecule has 0 fully saturated rings. The largest absolute Gasteiger partial charge is 0.508 e. The minimum absolute atomic E-state index is 0.298. The molecule has 2 heteroatoms. The smallest absolute Gasteiger partial charge is 0.115 e. The molecule has 2 aromatic rings. The summed E-state index contributed by atoms with van der Waals surface area (Å²) >= 11 is 0.